The van der Waals surface area contributed by atoms with Crippen molar-refractivity contribution in [2.45, 2.75) is 39.7 Å². The zero-order valence-corrected chi connectivity index (χ0v) is 18.1. The number of imide groups is 1. The predicted molar refractivity (Wildman–Crippen MR) is 111 cm³/mol. The standard InChI is InChI=1S/C22H27N3O5/c1-7-15-16(9-8-10-18(15)29-5)19(26)25(24-22(2,3)4)20(27)17-12-11-14(13-23-17)21(28)30-6/h8-13,24H,7H2,1-6H3. The first-order chi connectivity index (χ1) is 14.1. The quantitative estimate of drug-likeness (QED) is 0.442. The molecule has 0 saturated carbocycles. The van der Waals surface area contributed by atoms with E-state index in [1.54, 1.807) is 18.2 Å². The monoisotopic (exact) mass is 413 g/mol. The van der Waals surface area contributed by atoms with Gasteiger partial charge in [-0.15, -0.1) is 0 Å². The van der Waals surface area contributed by atoms with Crippen molar-refractivity contribution in [3.63, 3.8) is 0 Å². The van der Waals surface area contributed by atoms with Crippen LogP contribution in [-0.2, 0) is 11.2 Å². The molecule has 0 fully saturated rings. The number of rotatable bonds is 6. The van der Waals surface area contributed by atoms with E-state index in [9.17, 15) is 14.4 Å². The third kappa shape index (κ3) is 5.21. The van der Waals surface area contributed by atoms with Gasteiger partial charge in [0.2, 0.25) is 0 Å². The highest BCUT2D eigenvalue weighted by atomic mass is 16.5. The highest BCUT2D eigenvalue weighted by Crippen LogP contribution is 2.24. The summed E-state index contributed by atoms with van der Waals surface area (Å²) in [5, 5.41) is 0.952. The van der Waals surface area contributed by atoms with Crippen LogP contribution in [0.4, 0.5) is 0 Å². The van der Waals surface area contributed by atoms with Gasteiger partial charge in [-0.3, -0.25) is 14.6 Å². The third-order valence-corrected chi connectivity index (χ3v) is 4.19. The number of methoxy groups -OCH3 is 2. The zero-order valence-electron chi connectivity index (χ0n) is 18.1. The van der Waals surface area contributed by atoms with E-state index in [0.29, 0.717) is 23.3 Å². The van der Waals surface area contributed by atoms with E-state index in [2.05, 4.69) is 15.1 Å². The third-order valence-electron chi connectivity index (χ3n) is 4.19. The molecule has 0 radical (unpaired) electrons. The summed E-state index contributed by atoms with van der Waals surface area (Å²) in [6.07, 6.45) is 1.79. The van der Waals surface area contributed by atoms with E-state index in [4.69, 9.17) is 4.74 Å². The number of aromatic nitrogens is 1. The molecule has 0 spiro atoms. The lowest BCUT2D eigenvalue weighted by atomic mass is 10.0. The summed E-state index contributed by atoms with van der Waals surface area (Å²) in [6, 6.07) is 7.93. The van der Waals surface area contributed by atoms with Gasteiger partial charge in [0.05, 0.1) is 19.8 Å². The normalized spacial score (nSPS) is 11.0. The topological polar surface area (TPSA) is 97.8 Å². The van der Waals surface area contributed by atoms with Crippen LogP contribution in [0.5, 0.6) is 5.75 Å². The number of nitrogens with one attached hydrogen (secondary N) is 1. The molecule has 30 heavy (non-hydrogen) atoms. The minimum Gasteiger partial charge on any atom is -0.496 e. The van der Waals surface area contributed by atoms with Gasteiger partial charge in [0.15, 0.2) is 0 Å². The van der Waals surface area contributed by atoms with Gasteiger partial charge in [0, 0.05) is 22.9 Å². The molecule has 1 heterocycles. The Morgan fingerprint density at radius 3 is 2.27 bits per heavy atom. The van der Waals surface area contributed by atoms with E-state index in [-0.39, 0.29) is 11.3 Å². The smallest absolute Gasteiger partial charge is 0.339 e. The first-order valence-electron chi connectivity index (χ1n) is 9.49. The van der Waals surface area contributed by atoms with Gasteiger partial charge in [0.1, 0.15) is 11.4 Å². The molecule has 0 unspecified atom stereocenters. The molecule has 2 rings (SSSR count). The van der Waals surface area contributed by atoms with Gasteiger partial charge in [-0.05, 0) is 51.5 Å². The number of hydrazine groups is 1. The summed E-state index contributed by atoms with van der Waals surface area (Å²) in [6.45, 7) is 7.41. The van der Waals surface area contributed by atoms with Crippen LogP contribution in [-0.4, -0.2) is 47.5 Å². The van der Waals surface area contributed by atoms with Crippen molar-refractivity contribution < 1.29 is 23.9 Å². The maximum absolute atomic E-state index is 13.4. The molecule has 8 nitrogen and oxygen atoms in total. The molecule has 0 atom stereocenters. The number of carbonyl (C=O) groups excluding carboxylic acids is 3. The second-order valence-electron chi connectivity index (χ2n) is 7.57. The Bertz CT molecular complexity index is 933. The van der Waals surface area contributed by atoms with E-state index < -0.39 is 23.3 Å². The van der Waals surface area contributed by atoms with Gasteiger partial charge in [0.25, 0.3) is 11.8 Å². The van der Waals surface area contributed by atoms with Crippen LogP contribution in [0.25, 0.3) is 0 Å². The summed E-state index contributed by atoms with van der Waals surface area (Å²) < 4.78 is 10.0. The van der Waals surface area contributed by atoms with E-state index in [1.165, 1.54) is 32.5 Å². The molecular weight excluding hydrogens is 386 g/mol. The largest absolute Gasteiger partial charge is 0.496 e. The predicted octanol–water partition coefficient (Wildman–Crippen LogP) is 3.02. The Morgan fingerprint density at radius 2 is 1.77 bits per heavy atom. The number of carbonyl (C=O) groups is 3. The molecule has 1 aromatic heterocycles. The van der Waals surface area contributed by atoms with Crippen LogP contribution >= 0.6 is 0 Å². The fraction of sp³-hybridized carbons (Fsp3) is 0.364. The minimum absolute atomic E-state index is 0.00805. The summed E-state index contributed by atoms with van der Waals surface area (Å²) in [5.74, 6) is -1.15. The molecule has 2 aromatic rings. The van der Waals surface area contributed by atoms with Crippen molar-refractivity contribution in [1.82, 2.24) is 15.4 Å². The number of nitrogens with zero attached hydrogens (tertiary/aromatic N) is 2. The van der Waals surface area contributed by atoms with E-state index in [1.807, 2.05) is 27.7 Å². The fourth-order valence-corrected chi connectivity index (χ4v) is 2.85. The second-order valence-corrected chi connectivity index (χ2v) is 7.57. The van der Waals surface area contributed by atoms with Crippen molar-refractivity contribution >= 4 is 17.8 Å². The average molecular weight is 413 g/mol. The van der Waals surface area contributed by atoms with Gasteiger partial charge < -0.3 is 9.47 Å². The van der Waals surface area contributed by atoms with Gasteiger partial charge in [-0.1, -0.05) is 13.0 Å². The molecule has 160 valence electrons. The average Bonchev–Trinajstić information content (AvgIpc) is 2.74. The fourth-order valence-electron chi connectivity index (χ4n) is 2.85. The molecule has 0 aliphatic rings. The Balaban J connectivity index is 2.47. The van der Waals surface area contributed by atoms with Crippen molar-refractivity contribution in [3.05, 3.63) is 58.9 Å². The lowest BCUT2D eigenvalue weighted by molar-refractivity contribution is 0.0446. The molecule has 8 heteroatoms. The first kappa shape index (κ1) is 23.0. The Morgan fingerprint density at radius 1 is 1.07 bits per heavy atom. The molecule has 0 aliphatic carbocycles. The maximum Gasteiger partial charge on any atom is 0.339 e. The number of hydrogen-bond donors (Lipinski definition) is 1. The molecule has 1 aromatic carbocycles. The second kappa shape index (κ2) is 9.49. The lowest BCUT2D eigenvalue weighted by Gasteiger charge is -2.30. The van der Waals surface area contributed by atoms with Gasteiger partial charge in [-0.2, -0.15) is 0 Å². The molecule has 0 aliphatic heterocycles. The molecule has 2 amide bonds. The van der Waals surface area contributed by atoms with Crippen molar-refractivity contribution in [3.8, 4) is 5.75 Å². The Labute approximate surface area is 176 Å². The van der Waals surface area contributed by atoms with Crippen LogP contribution in [0.3, 0.4) is 0 Å². The SMILES string of the molecule is CCc1c(OC)cccc1C(=O)N(NC(C)(C)C)C(=O)c1ccc(C(=O)OC)cn1. The van der Waals surface area contributed by atoms with Gasteiger partial charge >= 0.3 is 5.97 Å². The number of hydrogen-bond acceptors (Lipinski definition) is 7. The van der Waals surface area contributed by atoms with Crippen LogP contribution in [0.15, 0.2) is 36.5 Å². The number of benzene rings is 1. The summed E-state index contributed by atoms with van der Waals surface area (Å²) in [5.41, 5.74) is 3.64. The lowest BCUT2D eigenvalue weighted by Crippen LogP contribution is -2.55. The van der Waals surface area contributed by atoms with Crippen molar-refractivity contribution in [1.29, 1.82) is 0 Å². The van der Waals surface area contributed by atoms with Crippen molar-refractivity contribution in [2.24, 2.45) is 0 Å². The summed E-state index contributed by atoms with van der Waals surface area (Å²) >= 11 is 0. The molecule has 0 bridgehead atoms. The van der Waals surface area contributed by atoms with Crippen LogP contribution in [0.2, 0.25) is 0 Å². The number of amides is 2. The van der Waals surface area contributed by atoms with Crippen LogP contribution < -0.4 is 10.2 Å². The summed E-state index contributed by atoms with van der Waals surface area (Å²) in [4.78, 5) is 42.2. The first-order valence-corrected chi connectivity index (χ1v) is 9.49. The highest BCUT2D eigenvalue weighted by molar-refractivity contribution is 6.10. The zero-order chi connectivity index (χ0) is 22.5. The maximum atomic E-state index is 13.4. The van der Waals surface area contributed by atoms with Gasteiger partial charge in [-0.25, -0.2) is 15.2 Å². The molecular formula is C22H27N3O5. The van der Waals surface area contributed by atoms with Crippen LogP contribution in [0.1, 0.15) is 64.5 Å². The van der Waals surface area contributed by atoms with E-state index >= 15 is 0 Å². The Kier molecular flexibility index (Phi) is 7.28. The van der Waals surface area contributed by atoms with E-state index in [0.717, 1.165) is 5.01 Å². The number of esters is 1. The Hall–Kier alpha value is -3.26. The summed E-state index contributed by atoms with van der Waals surface area (Å²) in [7, 11) is 2.79. The number of ether oxygens (including phenoxy) is 2. The van der Waals surface area contributed by atoms with Crippen molar-refractivity contribution in [2.75, 3.05) is 14.2 Å². The molecule has 1 N–H and O–H groups in total. The van der Waals surface area contributed by atoms with Crippen LogP contribution in [0, 0.1) is 0 Å². The molecule has 0 saturated heterocycles. The minimum atomic E-state index is -0.642. The number of pyridine rings is 1. The highest BCUT2D eigenvalue weighted by Gasteiger charge is 2.30.